The number of aromatic nitrogens is 4. The van der Waals surface area contributed by atoms with Crippen LogP contribution in [0.5, 0.6) is 6.01 Å². The molecule has 19 heavy (non-hydrogen) atoms. The number of nitrogens with one attached hydrogen (secondary N) is 2. The molecule has 96 valence electrons. The smallest absolute Gasteiger partial charge is 0.317 e. The highest BCUT2D eigenvalue weighted by molar-refractivity contribution is 14.1. The molecule has 0 atom stereocenters. The van der Waals surface area contributed by atoms with Crippen molar-refractivity contribution in [3.05, 3.63) is 39.7 Å². The number of hydrogen-bond acceptors (Lipinski definition) is 5. The lowest BCUT2D eigenvalue weighted by Crippen LogP contribution is -2.03. The van der Waals surface area contributed by atoms with E-state index in [2.05, 4.69) is 53.9 Å². The van der Waals surface area contributed by atoms with Crippen molar-refractivity contribution in [1.29, 1.82) is 0 Å². The van der Waals surface area contributed by atoms with E-state index in [4.69, 9.17) is 0 Å². The lowest BCUT2D eigenvalue weighted by atomic mass is 10.2. The third-order valence-corrected chi connectivity index (χ3v) is 3.29. The molecule has 0 unspecified atom stereocenters. The minimum atomic E-state index is -0.276. The van der Waals surface area contributed by atoms with Crippen molar-refractivity contribution in [3.63, 3.8) is 0 Å². The van der Waals surface area contributed by atoms with Crippen molar-refractivity contribution >= 4 is 39.6 Å². The summed E-state index contributed by atoms with van der Waals surface area (Å²) in [5, 5.41) is 12.6. The van der Waals surface area contributed by atoms with E-state index in [0.29, 0.717) is 23.5 Å². The van der Waals surface area contributed by atoms with Crippen LogP contribution in [0, 0.1) is 3.57 Å². The SMILES string of the molecule is Oc1nc(NCc2cccc(I)c2)c2nc[nH]c2n1. The molecule has 0 aliphatic heterocycles. The topological polar surface area (TPSA) is 86.7 Å². The van der Waals surface area contributed by atoms with E-state index >= 15 is 0 Å². The quantitative estimate of drug-likeness (QED) is 0.619. The Morgan fingerprint density at radius 3 is 3.05 bits per heavy atom. The Morgan fingerprint density at radius 1 is 1.32 bits per heavy atom. The number of aromatic amines is 1. The molecule has 0 aliphatic rings. The average molecular weight is 367 g/mol. The second kappa shape index (κ2) is 5.00. The summed E-state index contributed by atoms with van der Waals surface area (Å²) < 4.78 is 1.17. The van der Waals surface area contributed by atoms with Gasteiger partial charge in [0.25, 0.3) is 0 Å². The van der Waals surface area contributed by atoms with Crippen molar-refractivity contribution in [2.75, 3.05) is 5.32 Å². The van der Waals surface area contributed by atoms with Gasteiger partial charge in [-0.15, -0.1) is 0 Å². The maximum Gasteiger partial charge on any atom is 0.317 e. The second-order valence-electron chi connectivity index (χ2n) is 3.96. The number of nitrogens with zero attached hydrogens (tertiary/aromatic N) is 3. The molecule has 7 heteroatoms. The summed E-state index contributed by atoms with van der Waals surface area (Å²) >= 11 is 2.27. The van der Waals surface area contributed by atoms with E-state index in [1.807, 2.05) is 18.2 Å². The monoisotopic (exact) mass is 367 g/mol. The zero-order chi connectivity index (χ0) is 13.2. The Kier molecular flexibility index (Phi) is 3.20. The molecule has 0 radical (unpaired) electrons. The largest absolute Gasteiger partial charge is 0.479 e. The highest BCUT2D eigenvalue weighted by atomic mass is 127. The van der Waals surface area contributed by atoms with Gasteiger partial charge in [-0.1, -0.05) is 12.1 Å². The predicted molar refractivity (Wildman–Crippen MR) is 79.8 cm³/mol. The fraction of sp³-hybridized carbons (Fsp3) is 0.0833. The minimum Gasteiger partial charge on any atom is -0.479 e. The van der Waals surface area contributed by atoms with Crippen LogP contribution < -0.4 is 5.32 Å². The van der Waals surface area contributed by atoms with Gasteiger partial charge < -0.3 is 15.4 Å². The predicted octanol–water partition coefficient (Wildman–Crippen LogP) is 2.28. The summed E-state index contributed by atoms with van der Waals surface area (Å²) in [6, 6.07) is 7.86. The number of aromatic hydroxyl groups is 1. The van der Waals surface area contributed by atoms with E-state index in [1.54, 1.807) is 0 Å². The molecule has 0 amide bonds. The van der Waals surface area contributed by atoms with Gasteiger partial charge in [-0.05, 0) is 40.3 Å². The first-order valence-electron chi connectivity index (χ1n) is 5.61. The average Bonchev–Trinajstić information content (AvgIpc) is 2.84. The van der Waals surface area contributed by atoms with Crippen LogP contribution in [0.4, 0.5) is 5.82 Å². The summed E-state index contributed by atoms with van der Waals surface area (Å²) in [4.78, 5) is 14.8. The van der Waals surface area contributed by atoms with E-state index < -0.39 is 0 Å². The molecule has 0 saturated heterocycles. The van der Waals surface area contributed by atoms with Crippen LogP contribution in [0.2, 0.25) is 0 Å². The number of imidazole rings is 1. The zero-order valence-electron chi connectivity index (χ0n) is 9.76. The third-order valence-electron chi connectivity index (χ3n) is 2.62. The first kappa shape index (κ1) is 12.2. The molecule has 1 aromatic carbocycles. The highest BCUT2D eigenvalue weighted by Gasteiger charge is 2.09. The minimum absolute atomic E-state index is 0.276. The lowest BCUT2D eigenvalue weighted by molar-refractivity contribution is 0.433. The number of anilines is 1. The molecule has 6 nitrogen and oxygen atoms in total. The Bertz CT molecular complexity index is 727. The molecule has 2 aromatic heterocycles. The maximum absolute atomic E-state index is 9.46. The molecule has 3 aromatic rings. The van der Waals surface area contributed by atoms with Gasteiger partial charge in [0, 0.05) is 10.1 Å². The summed E-state index contributed by atoms with van der Waals surface area (Å²) in [6.45, 7) is 0.606. The number of benzene rings is 1. The summed E-state index contributed by atoms with van der Waals surface area (Å²) in [7, 11) is 0. The van der Waals surface area contributed by atoms with Gasteiger partial charge in [0.2, 0.25) is 0 Å². The molecule has 3 rings (SSSR count). The normalized spacial score (nSPS) is 10.8. The van der Waals surface area contributed by atoms with Crippen molar-refractivity contribution < 1.29 is 5.11 Å². The number of fused-ring (bicyclic) bond motifs is 1. The van der Waals surface area contributed by atoms with Crippen LogP contribution in [0.25, 0.3) is 11.2 Å². The molecular weight excluding hydrogens is 357 g/mol. The van der Waals surface area contributed by atoms with Gasteiger partial charge in [0.05, 0.1) is 6.33 Å². The molecule has 3 N–H and O–H groups in total. The standard InChI is InChI=1S/C12H10IN5O/c13-8-3-1-2-7(4-8)5-14-10-9-11(16-6-15-9)18-12(19)17-10/h1-4,6H,5H2,(H3,14,15,16,17,18,19). The zero-order valence-corrected chi connectivity index (χ0v) is 11.9. The van der Waals surface area contributed by atoms with Gasteiger partial charge >= 0.3 is 6.01 Å². The Labute approximate surface area is 122 Å². The van der Waals surface area contributed by atoms with Crippen LogP contribution in [0.15, 0.2) is 30.6 Å². The summed E-state index contributed by atoms with van der Waals surface area (Å²) in [5.41, 5.74) is 2.26. The van der Waals surface area contributed by atoms with Gasteiger partial charge in [-0.3, -0.25) is 0 Å². The van der Waals surface area contributed by atoms with Gasteiger partial charge in [-0.2, -0.15) is 9.97 Å². The Balaban J connectivity index is 1.87. The molecular formula is C12H10IN5O. The van der Waals surface area contributed by atoms with E-state index in [-0.39, 0.29) is 6.01 Å². The second-order valence-corrected chi connectivity index (χ2v) is 5.20. The molecule has 0 spiro atoms. The van der Waals surface area contributed by atoms with Crippen LogP contribution in [0.1, 0.15) is 5.56 Å². The number of rotatable bonds is 3. The van der Waals surface area contributed by atoms with Crippen LogP contribution >= 0.6 is 22.6 Å². The highest BCUT2D eigenvalue weighted by Crippen LogP contribution is 2.19. The van der Waals surface area contributed by atoms with Crippen molar-refractivity contribution in [3.8, 4) is 6.01 Å². The van der Waals surface area contributed by atoms with Gasteiger partial charge in [0.15, 0.2) is 11.5 Å². The first-order valence-corrected chi connectivity index (χ1v) is 6.68. The molecule has 0 saturated carbocycles. The fourth-order valence-corrected chi connectivity index (χ4v) is 2.39. The fourth-order valence-electron chi connectivity index (χ4n) is 1.78. The lowest BCUT2D eigenvalue weighted by Gasteiger charge is -2.06. The van der Waals surface area contributed by atoms with E-state index in [0.717, 1.165) is 5.56 Å². The molecule has 2 heterocycles. The van der Waals surface area contributed by atoms with Gasteiger partial charge in [-0.25, -0.2) is 4.98 Å². The van der Waals surface area contributed by atoms with Crippen LogP contribution in [0.3, 0.4) is 0 Å². The number of hydrogen-bond donors (Lipinski definition) is 3. The van der Waals surface area contributed by atoms with Crippen molar-refractivity contribution in [1.82, 2.24) is 19.9 Å². The van der Waals surface area contributed by atoms with Crippen LogP contribution in [-0.2, 0) is 6.54 Å². The van der Waals surface area contributed by atoms with Gasteiger partial charge in [0.1, 0.15) is 5.52 Å². The van der Waals surface area contributed by atoms with Crippen molar-refractivity contribution in [2.45, 2.75) is 6.54 Å². The molecule has 0 aliphatic carbocycles. The maximum atomic E-state index is 9.46. The van der Waals surface area contributed by atoms with Crippen LogP contribution in [-0.4, -0.2) is 25.0 Å². The first-order chi connectivity index (χ1) is 9.22. The van der Waals surface area contributed by atoms with Crippen molar-refractivity contribution in [2.24, 2.45) is 0 Å². The Morgan fingerprint density at radius 2 is 2.21 bits per heavy atom. The number of halogens is 1. The summed E-state index contributed by atoms with van der Waals surface area (Å²) in [6.07, 6.45) is 1.52. The number of H-pyrrole nitrogens is 1. The molecule has 0 fully saturated rings. The van der Waals surface area contributed by atoms with E-state index in [1.165, 1.54) is 9.90 Å². The third kappa shape index (κ3) is 2.60. The summed E-state index contributed by atoms with van der Waals surface area (Å²) in [5.74, 6) is 0.516. The Hall–Kier alpha value is -1.90. The molecule has 0 bridgehead atoms. The van der Waals surface area contributed by atoms with E-state index in [9.17, 15) is 5.11 Å².